The minimum Gasteiger partial charge on any atom is -0.454 e. The lowest BCUT2D eigenvalue weighted by Crippen LogP contribution is -2.14. The molecule has 0 spiro atoms. The Morgan fingerprint density at radius 1 is 1.05 bits per heavy atom. The van der Waals surface area contributed by atoms with Crippen LogP contribution in [0, 0.1) is 0 Å². The molecule has 0 amide bonds. The number of Topliss-reactive ketones (excluding diaryl/α,β-unsaturated/α-hetero) is 1. The van der Waals surface area contributed by atoms with Gasteiger partial charge in [-0.05, 0) is 36.4 Å². The Balaban J connectivity index is 1.64. The molecule has 0 aromatic heterocycles. The lowest BCUT2D eigenvalue weighted by atomic mass is 10.1. The maximum atomic E-state index is 12.1. The molecule has 1 heterocycles. The molecule has 0 aliphatic carbocycles. The molecule has 0 N–H and O–H groups in total. The minimum absolute atomic E-state index is 0.144. The topological polar surface area (TPSA) is 61.8 Å². The van der Waals surface area contributed by atoms with Crippen molar-refractivity contribution in [1.29, 1.82) is 0 Å². The van der Waals surface area contributed by atoms with E-state index in [2.05, 4.69) is 15.9 Å². The van der Waals surface area contributed by atoms with E-state index >= 15 is 0 Å². The summed E-state index contributed by atoms with van der Waals surface area (Å²) >= 11 is 3.28. The van der Waals surface area contributed by atoms with Crippen molar-refractivity contribution in [2.75, 3.05) is 13.4 Å². The van der Waals surface area contributed by atoms with Crippen LogP contribution in [0.5, 0.6) is 11.5 Å². The van der Waals surface area contributed by atoms with Gasteiger partial charge >= 0.3 is 5.97 Å². The highest BCUT2D eigenvalue weighted by molar-refractivity contribution is 9.10. The van der Waals surface area contributed by atoms with Crippen molar-refractivity contribution in [3.05, 3.63) is 58.1 Å². The van der Waals surface area contributed by atoms with Crippen molar-refractivity contribution in [1.82, 2.24) is 0 Å². The van der Waals surface area contributed by atoms with Crippen LogP contribution >= 0.6 is 15.9 Å². The number of ether oxygens (including phenoxy) is 3. The summed E-state index contributed by atoms with van der Waals surface area (Å²) in [5, 5.41) is 0. The molecule has 6 heteroatoms. The van der Waals surface area contributed by atoms with Gasteiger partial charge in [0, 0.05) is 10.0 Å². The van der Waals surface area contributed by atoms with Gasteiger partial charge in [-0.15, -0.1) is 0 Å². The van der Waals surface area contributed by atoms with Gasteiger partial charge < -0.3 is 14.2 Å². The van der Waals surface area contributed by atoms with Crippen molar-refractivity contribution >= 4 is 27.7 Å². The summed E-state index contributed by atoms with van der Waals surface area (Å²) in [4.78, 5) is 23.9. The number of esters is 1. The van der Waals surface area contributed by atoms with E-state index in [-0.39, 0.29) is 19.2 Å². The molecule has 1 aliphatic rings. The van der Waals surface area contributed by atoms with Gasteiger partial charge in [0.2, 0.25) is 6.79 Å². The zero-order chi connectivity index (χ0) is 15.5. The van der Waals surface area contributed by atoms with Crippen molar-refractivity contribution < 1.29 is 23.8 Å². The fourth-order valence-electron chi connectivity index (χ4n) is 1.98. The number of ketones is 1. The normalized spacial score (nSPS) is 12.0. The summed E-state index contributed by atoms with van der Waals surface area (Å²) in [5.74, 6) is 0.267. The second-order valence-electron chi connectivity index (χ2n) is 4.58. The Labute approximate surface area is 134 Å². The van der Waals surface area contributed by atoms with E-state index in [0.717, 1.165) is 4.47 Å². The first-order valence-corrected chi connectivity index (χ1v) is 7.28. The molecule has 1 aliphatic heterocycles. The molecule has 2 aromatic carbocycles. The molecular weight excluding hydrogens is 352 g/mol. The molecule has 0 fully saturated rings. The molecule has 0 radical (unpaired) electrons. The fourth-order valence-corrected chi connectivity index (χ4v) is 2.38. The second-order valence-corrected chi connectivity index (χ2v) is 5.49. The van der Waals surface area contributed by atoms with E-state index in [9.17, 15) is 9.59 Å². The van der Waals surface area contributed by atoms with E-state index in [1.54, 1.807) is 42.5 Å². The van der Waals surface area contributed by atoms with Crippen LogP contribution in [0.15, 0.2) is 46.9 Å². The van der Waals surface area contributed by atoms with Gasteiger partial charge in [-0.3, -0.25) is 4.79 Å². The van der Waals surface area contributed by atoms with Gasteiger partial charge in [-0.2, -0.15) is 0 Å². The molecular formula is C16H11BrO5. The predicted molar refractivity (Wildman–Crippen MR) is 81.3 cm³/mol. The van der Waals surface area contributed by atoms with Gasteiger partial charge in [-0.1, -0.05) is 22.0 Å². The fraction of sp³-hybridized carbons (Fsp3) is 0.125. The van der Waals surface area contributed by atoms with Crippen LogP contribution in [0.4, 0.5) is 0 Å². The molecule has 3 rings (SSSR count). The highest BCUT2D eigenvalue weighted by atomic mass is 79.9. The second kappa shape index (κ2) is 6.19. The molecule has 0 saturated carbocycles. The first-order chi connectivity index (χ1) is 10.6. The van der Waals surface area contributed by atoms with Crippen LogP contribution in [0.2, 0.25) is 0 Å². The third kappa shape index (κ3) is 3.12. The SMILES string of the molecule is O=C(COC(=O)c1cccc(Br)c1)c1ccc2c(c1)OCO2. The maximum Gasteiger partial charge on any atom is 0.338 e. The average Bonchev–Trinajstić information content (AvgIpc) is 2.99. The van der Waals surface area contributed by atoms with Gasteiger partial charge in [0.05, 0.1) is 5.56 Å². The number of carbonyl (C=O) groups is 2. The smallest absolute Gasteiger partial charge is 0.338 e. The molecule has 0 atom stereocenters. The first-order valence-electron chi connectivity index (χ1n) is 6.49. The van der Waals surface area contributed by atoms with Gasteiger partial charge in [0.25, 0.3) is 0 Å². The van der Waals surface area contributed by atoms with Gasteiger partial charge in [0.15, 0.2) is 23.9 Å². The molecule has 0 saturated heterocycles. The Hall–Kier alpha value is -2.34. The van der Waals surface area contributed by atoms with E-state index < -0.39 is 5.97 Å². The van der Waals surface area contributed by atoms with Gasteiger partial charge in [0.1, 0.15) is 0 Å². The molecule has 112 valence electrons. The van der Waals surface area contributed by atoms with Crippen LogP contribution < -0.4 is 9.47 Å². The molecule has 22 heavy (non-hydrogen) atoms. The largest absolute Gasteiger partial charge is 0.454 e. The zero-order valence-electron chi connectivity index (χ0n) is 11.4. The number of hydrogen-bond donors (Lipinski definition) is 0. The lowest BCUT2D eigenvalue weighted by Gasteiger charge is -2.05. The Morgan fingerprint density at radius 3 is 2.68 bits per heavy atom. The number of fused-ring (bicyclic) bond motifs is 1. The predicted octanol–water partition coefficient (Wildman–Crippen LogP) is 3.22. The Kier molecular flexibility index (Phi) is 4.11. The van der Waals surface area contributed by atoms with Crippen LogP contribution in [0.3, 0.4) is 0 Å². The summed E-state index contributed by atoms with van der Waals surface area (Å²) in [6, 6.07) is 11.6. The summed E-state index contributed by atoms with van der Waals surface area (Å²) < 4.78 is 16.2. The standard InChI is InChI=1S/C16H11BrO5/c17-12-3-1-2-11(6-12)16(19)20-8-13(18)10-4-5-14-15(7-10)22-9-21-14/h1-7H,8-9H2. The third-order valence-electron chi connectivity index (χ3n) is 3.09. The van der Waals surface area contributed by atoms with Crippen LogP contribution in [-0.4, -0.2) is 25.2 Å². The van der Waals surface area contributed by atoms with Crippen LogP contribution in [-0.2, 0) is 4.74 Å². The van der Waals surface area contributed by atoms with E-state index in [1.165, 1.54) is 0 Å². The summed E-state index contributed by atoms with van der Waals surface area (Å²) in [7, 11) is 0. The molecule has 2 aromatic rings. The van der Waals surface area contributed by atoms with Crippen molar-refractivity contribution in [3.63, 3.8) is 0 Å². The first kappa shape index (κ1) is 14.6. The highest BCUT2D eigenvalue weighted by Crippen LogP contribution is 2.32. The summed E-state index contributed by atoms with van der Waals surface area (Å²) in [5.41, 5.74) is 0.791. The maximum absolute atomic E-state index is 12.1. The van der Waals surface area contributed by atoms with Gasteiger partial charge in [-0.25, -0.2) is 4.79 Å². The van der Waals surface area contributed by atoms with Crippen LogP contribution in [0.1, 0.15) is 20.7 Å². The number of rotatable bonds is 4. The molecule has 5 nitrogen and oxygen atoms in total. The van der Waals surface area contributed by atoms with E-state index in [0.29, 0.717) is 22.6 Å². The monoisotopic (exact) mass is 362 g/mol. The van der Waals surface area contributed by atoms with Crippen molar-refractivity contribution in [2.24, 2.45) is 0 Å². The Morgan fingerprint density at radius 2 is 1.86 bits per heavy atom. The summed E-state index contributed by atoms with van der Waals surface area (Å²) in [6.45, 7) is -0.185. The van der Waals surface area contributed by atoms with Crippen molar-refractivity contribution in [2.45, 2.75) is 0 Å². The Bertz CT molecular complexity index is 741. The van der Waals surface area contributed by atoms with E-state index in [1.807, 2.05) is 0 Å². The molecule has 0 unspecified atom stereocenters. The highest BCUT2D eigenvalue weighted by Gasteiger charge is 2.17. The zero-order valence-corrected chi connectivity index (χ0v) is 13.0. The quantitative estimate of drug-likeness (QED) is 0.617. The average molecular weight is 363 g/mol. The number of benzene rings is 2. The summed E-state index contributed by atoms with van der Waals surface area (Å²) in [6.07, 6.45) is 0. The molecule has 0 bridgehead atoms. The number of carbonyl (C=O) groups excluding carboxylic acids is 2. The minimum atomic E-state index is -0.546. The third-order valence-corrected chi connectivity index (χ3v) is 3.58. The number of halogens is 1. The van der Waals surface area contributed by atoms with E-state index in [4.69, 9.17) is 14.2 Å². The van der Waals surface area contributed by atoms with Crippen molar-refractivity contribution in [3.8, 4) is 11.5 Å². The number of hydrogen-bond acceptors (Lipinski definition) is 5. The van der Waals surface area contributed by atoms with Crippen LogP contribution in [0.25, 0.3) is 0 Å². The lowest BCUT2D eigenvalue weighted by molar-refractivity contribution is 0.0474.